The molecular weight excluding hydrogens is 508 g/mol. The lowest BCUT2D eigenvalue weighted by Gasteiger charge is -2.38. The molecule has 5 rings (SSSR count). The normalized spacial score (nSPS) is 32.8. The second-order valence-corrected chi connectivity index (χ2v) is 11.6. The third-order valence-corrected chi connectivity index (χ3v) is 9.10. The minimum Gasteiger partial charge on any atom is -0.465 e. The SMILES string of the molecule is CC[C@@]12/C=C\CCCCOC(=O)[C@@H]1[C@H]1C(=O)N(CCCCCO)C3C(=O)N(c4cc(C)ccc4C)CC=C[C@@]31O2. The number of ether oxygens (including phenoxy) is 2. The zero-order chi connectivity index (χ0) is 28.5. The number of aliphatic hydroxyl groups is 1. The minimum absolute atomic E-state index is 0.0778. The molecule has 216 valence electrons. The van der Waals surface area contributed by atoms with Gasteiger partial charge in [0, 0.05) is 25.4 Å². The van der Waals surface area contributed by atoms with Crippen molar-refractivity contribution in [1.82, 2.24) is 4.90 Å². The number of hydrogen-bond donors (Lipinski definition) is 1. The van der Waals surface area contributed by atoms with Crippen LogP contribution in [-0.4, -0.2) is 71.3 Å². The molecule has 4 heterocycles. The summed E-state index contributed by atoms with van der Waals surface area (Å²) in [6.07, 6.45) is 12.8. The van der Waals surface area contributed by atoms with Crippen molar-refractivity contribution in [3.8, 4) is 0 Å². The third kappa shape index (κ3) is 4.69. The number of fused-ring (bicyclic) bond motifs is 2. The Bertz CT molecular complexity index is 1210. The summed E-state index contributed by atoms with van der Waals surface area (Å²) in [4.78, 5) is 46.2. The van der Waals surface area contributed by atoms with Gasteiger partial charge in [-0.25, -0.2) is 0 Å². The molecule has 1 unspecified atom stereocenters. The van der Waals surface area contributed by atoms with Gasteiger partial charge in [-0.05, 0) is 76.0 Å². The number of nitrogens with zero attached hydrogens (tertiary/aromatic N) is 2. The van der Waals surface area contributed by atoms with Gasteiger partial charge in [0.1, 0.15) is 23.2 Å². The maximum absolute atomic E-state index is 14.6. The number of esters is 1. The van der Waals surface area contributed by atoms with E-state index in [1.807, 2.05) is 57.2 Å². The van der Waals surface area contributed by atoms with Crippen molar-refractivity contribution in [3.05, 3.63) is 53.6 Å². The number of unbranched alkanes of at least 4 members (excludes halogenated alkanes) is 2. The Kier molecular flexibility index (Phi) is 8.20. The molecule has 1 spiro atoms. The number of likely N-dealkylation sites (tertiary alicyclic amines) is 1. The molecule has 2 fully saturated rings. The van der Waals surface area contributed by atoms with Gasteiger partial charge in [-0.3, -0.25) is 14.4 Å². The fraction of sp³-hybridized carbons (Fsp3) is 0.594. The van der Waals surface area contributed by atoms with Gasteiger partial charge in [0.05, 0.1) is 12.5 Å². The number of carbonyl (C=O) groups is 3. The molecule has 4 aliphatic heterocycles. The summed E-state index contributed by atoms with van der Waals surface area (Å²) in [5, 5.41) is 9.29. The smallest absolute Gasteiger partial charge is 0.313 e. The molecule has 2 saturated heterocycles. The number of rotatable bonds is 7. The number of aryl methyl sites for hydroxylation is 2. The van der Waals surface area contributed by atoms with Crippen molar-refractivity contribution < 1.29 is 29.0 Å². The van der Waals surface area contributed by atoms with Crippen LogP contribution in [0.2, 0.25) is 0 Å². The van der Waals surface area contributed by atoms with E-state index in [1.54, 1.807) is 9.80 Å². The second kappa shape index (κ2) is 11.5. The molecule has 0 aromatic heterocycles. The lowest BCUT2D eigenvalue weighted by molar-refractivity contribution is -0.160. The highest BCUT2D eigenvalue weighted by atomic mass is 16.6. The highest BCUT2D eigenvalue weighted by Crippen LogP contribution is 2.58. The van der Waals surface area contributed by atoms with E-state index in [9.17, 15) is 19.5 Å². The summed E-state index contributed by atoms with van der Waals surface area (Å²) in [5.74, 6) is -2.60. The number of allylic oxidation sites excluding steroid dienone is 1. The highest BCUT2D eigenvalue weighted by molar-refractivity contribution is 6.06. The predicted molar refractivity (Wildman–Crippen MR) is 152 cm³/mol. The zero-order valence-corrected chi connectivity index (χ0v) is 23.9. The molecule has 8 heteroatoms. The Labute approximate surface area is 237 Å². The topological polar surface area (TPSA) is 96.4 Å². The second-order valence-electron chi connectivity index (χ2n) is 11.6. The van der Waals surface area contributed by atoms with Crippen LogP contribution >= 0.6 is 0 Å². The average Bonchev–Trinajstić information content (AvgIpc) is 3.29. The molecule has 5 atom stereocenters. The van der Waals surface area contributed by atoms with E-state index in [1.165, 1.54) is 0 Å². The standard InChI is InChI=1S/C32H42N2O6/c1-4-31-15-8-5-6-11-20-39-30(38)26(31)25-28(36)34(17-9-7-10-19-35)27-29(37)33(18-12-16-32(25,27)40-31)24-21-22(2)13-14-23(24)3/h8,12-16,21,25-27,35H,4-7,9-11,17-20H2,1-3H3/b15-8-/t25-,26-,27?,31+,32-/m0/s1. The van der Waals surface area contributed by atoms with Crippen molar-refractivity contribution in [3.63, 3.8) is 0 Å². The summed E-state index contributed by atoms with van der Waals surface area (Å²) >= 11 is 0. The van der Waals surface area contributed by atoms with Gasteiger partial charge in [-0.1, -0.05) is 43.4 Å². The van der Waals surface area contributed by atoms with Gasteiger partial charge in [0.15, 0.2) is 0 Å². The van der Waals surface area contributed by atoms with Crippen LogP contribution in [0.15, 0.2) is 42.5 Å². The summed E-state index contributed by atoms with van der Waals surface area (Å²) in [6.45, 7) is 7.01. The predicted octanol–water partition coefficient (Wildman–Crippen LogP) is 4.01. The van der Waals surface area contributed by atoms with Crippen molar-refractivity contribution in [1.29, 1.82) is 0 Å². The minimum atomic E-state index is -1.30. The molecule has 0 radical (unpaired) electrons. The van der Waals surface area contributed by atoms with Crippen LogP contribution < -0.4 is 4.90 Å². The molecule has 0 aliphatic carbocycles. The van der Waals surface area contributed by atoms with Gasteiger partial charge >= 0.3 is 5.97 Å². The number of hydrogen-bond acceptors (Lipinski definition) is 6. The first-order chi connectivity index (χ1) is 19.3. The zero-order valence-electron chi connectivity index (χ0n) is 23.9. The van der Waals surface area contributed by atoms with Gasteiger partial charge in [0.25, 0.3) is 5.91 Å². The molecular formula is C32H42N2O6. The lowest BCUT2D eigenvalue weighted by Crippen LogP contribution is -2.56. The molecule has 1 aromatic rings. The fourth-order valence-electron chi connectivity index (χ4n) is 7.07. The number of cyclic esters (lactones) is 1. The van der Waals surface area contributed by atoms with Crippen LogP contribution in [0, 0.1) is 25.7 Å². The number of aliphatic hydroxyl groups excluding tert-OH is 1. The molecule has 1 aromatic carbocycles. The van der Waals surface area contributed by atoms with E-state index in [-0.39, 0.29) is 18.4 Å². The van der Waals surface area contributed by atoms with E-state index in [0.717, 1.165) is 42.5 Å². The Balaban J connectivity index is 1.63. The van der Waals surface area contributed by atoms with Crippen LogP contribution in [0.3, 0.4) is 0 Å². The molecule has 40 heavy (non-hydrogen) atoms. The van der Waals surface area contributed by atoms with Crippen LogP contribution in [0.5, 0.6) is 0 Å². The third-order valence-electron chi connectivity index (χ3n) is 9.10. The first-order valence-electron chi connectivity index (χ1n) is 14.8. The number of carbonyl (C=O) groups excluding carboxylic acids is 3. The summed E-state index contributed by atoms with van der Waals surface area (Å²) in [7, 11) is 0. The van der Waals surface area contributed by atoms with Crippen LogP contribution in [0.4, 0.5) is 5.69 Å². The van der Waals surface area contributed by atoms with Crippen LogP contribution in [0.25, 0.3) is 0 Å². The van der Waals surface area contributed by atoms with Gasteiger partial charge in [0.2, 0.25) is 5.91 Å². The molecule has 0 saturated carbocycles. The Morgan fingerprint density at radius 2 is 1.82 bits per heavy atom. The monoisotopic (exact) mass is 550 g/mol. The molecule has 0 bridgehead atoms. The molecule has 4 aliphatic rings. The first-order valence-corrected chi connectivity index (χ1v) is 14.8. The lowest BCUT2D eigenvalue weighted by atomic mass is 9.73. The van der Waals surface area contributed by atoms with E-state index in [4.69, 9.17) is 9.47 Å². The maximum Gasteiger partial charge on any atom is 0.313 e. The quantitative estimate of drug-likeness (QED) is 0.313. The first kappa shape index (κ1) is 28.6. The van der Waals surface area contributed by atoms with Crippen molar-refractivity contribution in [2.75, 3.05) is 31.2 Å². The largest absolute Gasteiger partial charge is 0.465 e. The van der Waals surface area contributed by atoms with Gasteiger partial charge in [-0.15, -0.1) is 0 Å². The van der Waals surface area contributed by atoms with Crippen molar-refractivity contribution in [2.24, 2.45) is 11.8 Å². The number of amides is 2. The molecule has 1 N–H and O–H groups in total. The summed E-state index contributed by atoms with van der Waals surface area (Å²) in [5.41, 5.74) is 0.476. The van der Waals surface area contributed by atoms with E-state index in [2.05, 4.69) is 6.08 Å². The van der Waals surface area contributed by atoms with Gasteiger partial charge < -0.3 is 24.4 Å². The van der Waals surface area contributed by atoms with E-state index in [0.29, 0.717) is 39.0 Å². The number of anilines is 1. The van der Waals surface area contributed by atoms with Crippen molar-refractivity contribution >= 4 is 23.5 Å². The molecule has 8 nitrogen and oxygen atoms in total. The van der Waals surface area contributed by atoms with Crippen molar-refractivity contribution in [2.45, 2.75) is 83.0 Å². The van der Waals surface area contributed by atoms with Crippen LogP contribution in [0.1, 0.15) is 63.0 Å². The summed E-state index contributed by atoms with van der Waals surface area (Å²) < 4.78 is 12.8. The fourth-order valence-corrected chi connectivity index (χ4v) is 7.07. The van der Waals surface area contributed by atoms with E-state index >= 15 is 0 Å². The molecule has 2 amide bonds. The Hall–Kier alpha value is -2.97. The summed E-state index contributed by atoms with van der Waals surface area (Å²) in [6, 6.07) is 5.11. The average molecular weight is 551 g/mol. The Morgan fingerprint density at radius 1 is 1.00 bits per heavy atom. The van der Waals surface area contributed by atoms with Gasteiger partial charge in [-0.2, -0.15) is 0 Å². The number of benzene rings is 1. The maximum atomic E-state index is 14.6. The highest BCUT2D eigenvalue weighted by Gasteiger charge is 2.75. The Morgan fingerprint density at radius 3 is 2.60 bits per heavy atom. The van der Waals surface area contributed by atoms with E-state index < -0.39 is 35.0 Å². The van der Waals surface area contributed by atoms with Crippen LogP contribution in [-0.2, 0) is 23.9 Å².